The largest absolute Gasteiger partial charge is 0.456 e. The highest BCUT2D eigenvalue weighted by atomic mass is 16.3. The second-order valence-corrected chi connectivity index (χ2v) is 17.6. The quantitative estimate of drug-likeness (QED) is 0.161. The summed E-state index contributed by atoms with van der Waals surface area (Å²) in [5.41, 5.74) is 16.6. The van der Waals surface area contributed by atoms with Crippen LogP contribution in [0.2, 0.25) is 0 Å². The van der Waals surface area contributed by atoms with Crippen LogP contribution in [0.25, 0.3) is 66.1 Å². The SMILES string of the molecule is Cc1cccc(-c2cc(C(C)(C)C)ccc2N(c2ccc(-c3ccc4oc5ccccc5c4c3)cc2)c2ccccc2-c2cccc3cccc(C4CCCCC4)c23)c1. The van der Waals surface area contributed by atoms with Crippen LogP contribution in [-0.4, -0.2) is 0 Å². The van der Waals surface area contributed by atoms with E-state index in [-0.39, 0.29) is 5.41 Å². The fraction of sp³-hybridized carbons (Fsp3) is 0.193. The number of hydrogen-bond donors (Lipinski definition) is 0. The van der Waals surface area contributed by atoms with Crippen molar-refractivity contribution in [2.24, 2.45) is 0 Å². The van der Waals surface area contributed by atoms with Gasteiger partial charge in [0, 0.05) is 27.6 Å². The molecule has 0 N–H and O–H groups in total. The lowest BCUT2D eigenvalue weighted by molar-refractivity contribution is 0.445. The number of para-hydroxylation sites is 2. The highest BCUT2D eigenvalue weighted by molar-refractivity contribution is 6.07. The summed E-state index contributed by atoms with van der Waals surface area (Å²) in [4.78, 5) is 2.51. The zero-order chi connectivity index (χ0) is 40.1. The first-order valence-corrected chi connectivity index (χ1v) is 21.4. The number of aryl methyl sites for hydroxylation is 1. The van der Waals surface area contributed by atoms with Crippen molar-refractivity contribution in [3.8, 4) is 33.4 Å². The van der Waals surface area contributed by atoms with E-state index in [0.29, 0.717) is 5.92 Å². The van der Waals surface area contributed by atoms with Crippen molar-refractivity contribution < 1.29 is 4.42 Å². The summed E-state index contributed by atoms with van der Waals surface area (Å²) in [6, 6.07) is 63.1. The molecule has 1 saturated carbocycles. The van der Waals surface area contributed by atoms with Crippen molar-refractivity contribution in [2.45, 2.75) is 71.1 Å². The van der Waals surface area contributed by atoms with Crippen molar-refractivity contribution in [3.05, 3.63) is 187 Å². The zero-order valence-corrected chi connectivity index (χ0v) is 34.6. The Hall–Kier alpha value is -6.38. The average molecular weight is 766 g/mol. The fourth-order valence-electron chi connectivity index (χ4n) is 9.60. The van der Waals surface area contributed by atoms with Gasteiger partial charge in [-0.3, -0.25) is 0 Å². The minimum atomic E-state index is -0.0125. The molecule has 59 heavy (non-hydrogen) atoms. The molecule has 1 aliphatic carbocycles. The molecule has 1 aliphatic rings. The normalized spacial score (nSPS) is 13.7. The van der Waals surface area contributed by atoms with E-state index in [1.165, 1.54) is 92.9 Å². The predicted octanol–water partition coefficient (Wildman–Crippen LogP) is 16.9. The Kier molecular flexibility index (Phi) is 9.45. The second-order valence-electron chi connectivity index (χ2n) is 17.6. The molecule has 8 aromatic carbocycles. The Bertz CT molecular complexity index is 2970. The van der Waals surface area contributed by atoms with Crippen molar-refractivity contribution in [3.63, 3.8) is 0 Å². The summed E-state index contributed by atoms with van der Waals surface area (Å²) in [6.45, 7) is 9.11. The van der Waals surface area contributed by atoms with E-state index >= 15 is 0 Å². The molecule has 0 amide bonds. The van der Waals surface area contributed by atoms with Gasteiger partial charge in [-0.05, 0) is 124 Å². The van der Waals surface area contributed by atoms with Gasteiger partial charge in [-0.25, -0.2) is 0 Å². The molecule has 2 heteroatoms. The minimum Gasteiger partial charge on any atom is -0.456 e. The predicted molar refractivity (Wildman–Crippen MR) is 251 cm³/mol. The van der Waals surface area contributed by atoms with Crippen LogP contribution in [0, 0.1) is 6.92 Å². The van der Waals surface area contributed by atoms with E-state index in [0.717, 1.165) is 39.0 Å². The molecule has 290 valence electrons. The Morgan fingerprint density at radius 2 is 1.20 bits per heavy atom. The average Bonchev–Trinajstić information content (AvgIpc) is 3.65. The summed E-state index contributed by atoms with van der Waals surface area (Å²) in [5, 5.41) is 5.00. The Morgan fingerprint density at radius 1 is 0.508 bits per heavy atom. The maximum absolute atomic E-state index is 6.19. The van der Waals surface area contributed by atoms with Gasteiger partial charge in [0.1, 0.15) is 11.2 Å². The Balaban J connectivity index is 1.19. The molecule has 0 saturated heterocycles. The third-order valence-electron chi connectivity index (χ3n) is 12.7. The topological polar surface area (TPSA) is 16.4 Å². The van der Waals surface area contributed by atoms with E-state index in [1.807, 2.05) is 12.1 Å². The van der Waals surface area contributed by atoms with Crippen LogP contribution in [0.15, 0.2) is 174 Å². The lowest BCUT2D eigenvalue weighted by Crippen LogP contribution is -2.15. The van der Waals surface area contributed by atoms with Gasteiger partial charge in [0.05, 0.1) is 11.4 Å². The summed E-state index contributed by atoms with van der Waals surface area (Å²) in [7, 11) is 0. The third kappa shape index (κ3) is 6.91. The number of furan rings is 1. The van der Waals surface area contributed by atoms with Crippen LogP contribution in [0.4, 0.5) is 17.1 Å². The summed E-state index contributed by atoms with van der Waals surface area (Å²) in [6.07, 6.45) is 6.48. The van der Waals surface area contributed by atoms with E-state index < -0.39 is 0 Å². The van der Waals surface area contributed by atoms with Crippen molar-refractivity contribution in [1.29, 1.82) is 0 Å². The molecule has 0 radical (unpaired) electrons. The van der Waals surface area contributed by atoms with Crippen LogP contribution in [0.3, 0.4) is 0 Å². The molecular weight excluding hydrogens is 715 g/mol. The molecule has 1 aromatic heterocycles. The monoisotopic (exact) mass is 765 g/mol. The summed E-state index contributed by atoms with van der Waals surface area (Å²) in [5.74, 6) is 0.585. The number of fused-ring (bicyclic) bond motifs is 4. The molecular formula is C57H51NO. The molecule has 0 unspecified atom stereocenters. The van der Waals surface area contributed by atoms with Crippen LogP contribution >= 0.6 is 0 Å². The smallest absolute Gasteiger partial charge is 0.135 e. The Labute approximate surface area is 348 Å². The second kappa shape index (κ2) is 15.1. The number of rotatable bonds is 7. The van der Waals surface area contributed by atoms with Gasteiger partial charge >= 0.3 is 0 Å². The van der Waals surface area contributed by atoms with Gasteiger partial charge in [0.25, 0.3) is 0 Å². The van der Waals surface area contributed by atoms with Gasteiger partial charge in [-0.15, -0.1) is 0 Å². The molecule has 9 aromatic rings. The van der Waals surface area contributed by atoms with Crippen molar-refractivity contribution in [2.75, 3.05) is 4.90 Å². The molecule has 0 bridgehead atoms. The molecule has 1 heterocycles. The van der Waals surface area contributed by atoms with E-state index in [2.05, 4.69) is 190 Å². The molecule has 2 nitrogen and oxygen atoms in total. The van der Waals surface area contributed by atoms with E-state index in [4.69, 9.17) is 4.42 Å². The molecule has 10 rings (SSSR count). The number of benzene rings is 8. The molecule has 0 atom stereocenters. The maximum atomic E-state index is 6.19. The van der Waals surface area contributed by atoms with Crippen LogP contribution in [0.1, 0.15) is 75.5 Å². The number of hydrogen-bond acceptors (Lipinski definition) is 2. The van der Waals surface area contributed by atoms with Crippen molar-refractivity contribution in [1.82, 2.24) is 0 Å². The standard InChI is InChI=1S/C57H51NO/c1-38-15-12-20-43(35-38)50-37-44(57(2,3)4)30-33-53(50)58(45-31-27-39(28-32-45)42-29-34-55-51(36-42)48-22-9-11-26-54(48)59-55)52-25-10-8-21-47(52)49-24-14-19-41-18-13-23-46(56(41)49)40-16-6-5-7-17-40/h8-15,18-37,40H,5-7,16-17H2,1-4H3. The van der Waals surface area contributed by atoms with Gasteiger partial charge in [-0.2, -0.15) is 0 Å². The number of nitrogens with zero attached hydrogens (tertiary/aromatic N) is 1. The summed E-state index contributed by atoms with van der Waals surface area (Å²) >= 11 is 0. The first kappa shape index (κ1) is 36.9. The van der Waals surface area contributed by atoms with Gasteiger partial charge in [0.15, 0.2) is 0 Å². The third-order valence-corrected chi connectivity index (χ3v) is 12.7. The van der Waals surface area contributed by atoms with Crippen LogP contribution in [0.5, 0.6) is 0 Å². The van der Waals surface area contributed by atoms with Gasteiger partial charge in [-0.1, -0.05) is 167 Å². The highest BCUT2D eigenvalue weighted by Crippen LogP contribution is 2.48. The number of anilines is 3. The fourth-order valence-corrected chi connectivity index (χ4v) is 9.60. The first-order valence-electron chi connectivity index (χ1n) is 21.4. The zero-order valence-electron chi connectivity index (χ0n) is 34.6. The van der Waals surface area contributed by atoms with Gasteiger partial charge < -0.3 is 9.32 Å². The summed E-state index contributed by atoms with van der Waals surface area (Å²) < 4.78 is 6.19. The Morgan fingerprint density at radius 3 is 2.02 bits per heavy atom. The van der Waals surface area contributed by atoms with Crippen LogP contribution < -0.4 is 4.90 Å². The highest BCUT2D eigenvalue weighted by Gasteiger charge is 2.25. The first-order chi connectivity index (χ1) is 28.8. The molecule has 0 spiro atoms. The van der Waals surface area contributed by atoms with Crippen molar-refractivity contribution >= 4 is 49.8 Å². The lowest BCUT2D eigenvalue weighted by Gasteiger charge is -2.32. The minimum absolute atomic E-state index is 0.0125. The van der Waals surface area contributed by atoms with E-state index in [1.54, 1.807) is 0 Å². The molecule has 1 fully saturated rings. The maximum Gasteiger partial charge on any atom is 0.135 e. The van der Waals surface area contributed by atoms with Gasteiger partial charge in [0.2, 0.25) is 0 Å². The van der Waals surface area contributed by atoms with E-state index in [9.17, 15) is 0 Å². The molecule has 0 aliphatic heterocycles. The van der Waals surface area contributed by atoms with Crippen LogP contribution in [-0.2, 0) is 5.41 Å². The lowest BCUT2D eigenvalue weighted by atomic mass is 9.80.